The second-order valence-electron chi connectivity index (χ2n) is 13.3. The minimum Gasteiger partial charge on any atom is -0.493 e. The summed E-state index contributed by atoms with van der Waals surface area (Å²) in [5.74, 6) is 1.42. The van der Waals surface area contributed by atoms with Gasteiger partial charge in [0.05, 0.1) is 24.6 Å². The van der Waals surface area contributed by atoms with Gasteiger partial charge in [0.25, 0.3) is 0 Å². The summed E-state index contributed by atoms with van der Waals surface area (Å²) in [5.41, 5.74) is 5.05. The Morgan fingerprint density at radius 2 is 1.59 bits per heavy atom. The van der Waals surface area contributed by atoms with E-state index in [-0.39, 0.29) is 16.9 Å². The Morgan fingerprint density at radius 1 is 0.913 bits per heavy atom. The first-order valence-corrected chi connectivity index (χ1v) is 17.9. The molecule has 1 fully saturated rings. The molecule has 0 aliphatic heterocycles. The van der Waals surface area contributed by atoms with Gasteiger partial charge in [-0.25, -0.2) is 22.9 Å². The molecule has 0 amide bonds. The van der Waals surface area contributed by atoms with E-state index in [0.29, 0.717) is 43.8 Å². The van der Waals surface area contributed by atoms with Crippen LogP contribution in [0, 0.1) is 0 Å². The van der Waals surface area contributed by atoms with Crippen LogP contribution < -0.4 is 15.1 Å². The SMILES string of the molecule is CCn1c(CCCc2ccc(-c3ccc(OC)c(NS(=O)(=O)C4CCCCC4)n3)cc2)nn(Cc2ccc(C(C)(C)C)cc2)c1=O. The molecular formula is C36H47N5O4S. The Labute approximate surface area is 273 Å². The largest absolute Gasteiger partial charge is 0.493 e. The number of nitrogens with zero attached hydrogens (tertiary/aromatic N) is 4. The van der Waals surface area contributed by atoms with Crippen LogP contribution in [0.5, 0.6) is 5.75 Å². The lowest BCUT2D eigenvalue weighted by atomic mass is 9.87. The zero-order valence-corrected chi connectivity index (χ0v) is 28.6. The average molecular weight is 646 g/mol. The maximum Gasteiger partial charge on any atom is 0.346 e. The number of hydrogen-bond donors (Lipinski definition) is 1. The van der Waals surface area contributed by atoms with E-state index in [0.717, 1.165) is 49.1 Å². The van der Waals surface area contributed by atoms with Crippen LogP contribution in [0.15, 0.2) is 65.5 Å². The smallest absolute Gasteiger partial charge is 0.346 e. The molecule has 4 aromatic rings. The summed E-state index contributed by atoms with van der Waals surface area (Å²) in [6.45, 7) is 9.59. The highest BCUT2D eigenvalue weighted by Crippen LogP contribution is 2.31. The zero-order valence-electron chi connectivity index (χ0n) is 27.8. The van der Waals surface area contributed by atoms with E-state index in [1.54, 1.807) is 15.3 Å². The Balaban J connectivity index is 1.22. The number of aryl methyl sites for hydroxylation is 2. The quantitative estimate of drug-likeness (QED) is 0.183. The monoisotopic (exact) mass is 645 g/mol. The van der Waals surface area contributed by atoms with Crippen LogP contribution in [-0.2, 0) is 41.4 Å². The van der Waals surface area contributed by atoms with Gasteiger partial charge in [-0.3, -0.25) is 9.29 Å². The first-order valence-electron chi connectivity index (χ1n) is 16.4. The molecule has 10 heteroatoms. The van der Waals surface area contributed by atoms with E-state index in [1.807, 2.05) is 25.1 Å². The van der Waals surface area contributed by atoms with Gasteiger partial charge >= 0.3 is 5.69 Å². The van der Waals surface area contributed by atoms with E-state index >= 15 is 0 Å². The van der Waals surface area contributed by atoms with Gasteiger partial charge in [0.15, 0.2) is 11.6 Å². The van der Waals surface area contributed by atoms with Gasteiger partial charge in [-0.05, 0) is 66.8 Å². The fourth-order valence-corrected chi connectivity index (χ4v) is 7.64. The molecule has 2 heterocycles. The van der Waals surface area contributed by atoms with Gasteiger partial charge in [0.1, 0.15) is 5.82 Å². The summed E-state index contributed by atoms with van der Waals surface area (Å²) < 4.78 is 37.6. The lowest BCUT2D eigenvalue weighted by molar-refractivity contribution is 0.415. The number of aromatic nitrogens is 4. The molecule has 2 aromatic carbocycles. The predicted molar refractivity (Wildman–Crippen MR) is 184 cm³/mol. The van der Waals surface area contributed by atoms with Crippen molar-refractivity contribution in [3.63, 3.8) is 0 Å². The van der Waals surface area contributed by atoms with Crippen LogP contribution in [0.4, 0.5) is 5.82 Å². The molecule has 1 saturated carbocycles. The average Bonchev–Trinajstić information content (AvgIpc) is 3.34. The van der Waals surface area contributed by atoms with Crippen molar-refractivity contribution >= 4 is 15.8 Å². The molecule has 0 atom stereocenters. The van der Waals surface area contributed by atoms with Crippen LogP contribution in [0.25, 0.3) is 11.3 Å². The topological polar surface area (TPSA) is 108 Å². The van der Waals surface area contributed by atoms with E-state index < -0.39 is 15.3 Å². The summed E-state index contributed by atoms with van der Waals surface area (Å²) in [4.78, 5) is 17.7. The third-order valence-corrected chi connectivity index (χ3v) is 10.7. The van der Waals surface area contributed by atoms with Crippen LogP contribution in [-0.4, -0.2) is 40.1 Å². The molecule has 0 radical (unpaired) electrons. The highest BCUT2D eigenvalue weighted by molar-refractivity contribution is 7.93. The molecule has 246 valence electrons. The number of rotatable bonds is 12. The minimum atomic E-state index is -3.56. The summed E-state index contributed by atoms with van der Waals surface area (Å²) in [5, 5.41) is 4.31. The zero-order chi connectivity index (χ0) is 32.9. The Kier molecular flexibility index (Phi) is 10.4. The first kappa shape index (κ1) is 33.4. The molecule has 5 rings (SSSR count). The molecular weight excluding hydrogens is 598 g/mol. The van der Waals surface area contributed by atoms with Crippen molar-refractivity contribution in [1.29, 1.82) is 0 Å². The number of hydrogen-bond acceptors (Lipinski definition) is 6. The standard InChI is InChI=1S/C36H47N5O4S/c1-6-40-33(38-41(35(40)42)25-27-17-21-29(22-18-27)36(2,3)4)14-10-11-26-15-19-28(20-16-26)31-23-24-32(45-5)34(37-31)39-46(43,44)30-12-8-7-9-13-30/h15-24,30H,6-14,25H2,1-5H3,(H,37,39). The van der Waals surface area contributed by atoms with E-state index in [4.69, 9.17) is 9.84 Å². The van der Waals surface area contributed by atoms with Crippen molar-refractivity contribution < 1.29 is 13.2 Å². The molecule has 1 aliphatic carbocycles. The fourth-order valence-electron chi connectivity index (χ4n) is 6.11. The fraction of sp³-hybridized carbons (Fsp3) is 0.472. The number of methoxy groups -OCH3 is 1. The molecule has 0 unspecified atom stereocenters. The van der Waals surface area contributed by atoms with E-state index in [1.165, 1.54) is 18.2 Å². The van der Waals surface area contributed by atoms with Crippen molar-refractivity contribution in [2.24, 2.45) is 0 Å². The Hall–Kier alpha value is -3.92. The van der Waals surface area contributed by atoms with Crippen molar-refractivity contribution in [3.8, 4) is 17.0 Å². The Bertz CT molecular complexity index is 1780. The highest BCUT2D eigenvalue weighted by atomic mass is 32.2. The lowest BCUT2D eigenvalue weighted by Gasteiger charge is -2.22. The molecule has 2 aromatic heterocycles. The summed E-state index contributed by atoms with van der Waals surface area (Å²) in [6.07, 6.45) is 6.66. The van der Waals surface area contributed by atoms with Gasteiger partial charge in [-0.2, -0.15) is 5.10 Å². The second kappa shape index (κ2) is 14.2. The molecule has 1 N–H and O–H groups in total. The third kappa shape index (κ3) is 7.89. The van der Waals surface area contributed by atoms with Crippen molar-refractivity contribution in [1.82, 2.24) is 19.3 Å². The Morgan fingerprint density at radius 3 is 2.22 bits per heavy atom. The third-order valence-electron chi connectivity index (χ3n) is 8.89. The van der Waals surface area contributed by atoms with Crippen LogP contribution >= 0.6 is 0 Å². The van der Waals surface area contributed by atoms with Gasteiger partial charge in [0, 0.05) is 18.5 Å². The number of benzene rings is 2. The summed E-state index contributed by atoms with van der Waals surface area (Å²) in [6, 6.07) is 20.2. The normalized spacial score (nSPS) is 14.4. The lowest BCUT2D eigenvalue weighted by Crippen LogP contribution is -2.30. The van der Waals surface area contributed by atoms with Gasteiger partial charge in [-0.15, -0.1) is 0 Å². The number of ether oxygens (including phenoxy) is 1. The molecule has 46 heavy (non-hydrogen) atoms. The van der Waals surface area contributed by atoms with Crippen LogP contribution in [0.3, 0.4) is 0 Å². The number of pyridine rings is 1. The van der Waals surface area contributed by atoms with E-state index in [9.17, 15) is 13.2 Å². The number of anilines is 1. The molecule has 0 bridgehead atoms. The molecule has 0 spiro atoms. The minimum absolute atomic E-state index is 0.0749. The van der Waals surface area contributed by atoms with Gasteiger partial charge in [0.2, 0.25) is 10.0 Å². The number of sulfonamides is 1. The second-order valence-corrected chi connectivity index (χ2v) is 15.2. The van der Waals surface area contributed by atoms with Gasteiger partial charge in [-0.1, -0.05) is 88.6 Å². The van der Waals surface area contributed by atoms with Crippen LogP contribution in [0.1, 0.15) is 88.7 Å². The van der Waals surface area contributed by atoms with Crippen molar-refractivity contribution in [3.05, 3.63) is 93.7 Å². The molecule has 1 aliphatic rings. The first-order chi connectivity index (χ1) is 22.0. The summed E-state index contributed by atoms with van der Waals surface area (Å²) >= 11 is 0. The van der Waals surface area contributed by atoms with Gasteiger partial charge < -0.3 is 4.74 Å². The predicted octanol–water partition coefficient (Wildman–Crippen LogP) is 6.73. The summed E-state index contributed by atoms with van der Waals surface area (Å²) in [7, 11) is -2.04. The maximum atomic E-state index is 13.1. The maximum absolute atomic E-state index is 13.1. The molecule has 0 saturated heterocycles. The highest BCUT2D eigenvalue weighted by Gasteiger charge is 2.28. The molecule has 9 nitrogen and oxygen atoms in total. The van der Waals surface area contributed by atoms with E-state index in [2.05, 4.69) is 66.9 Å². The number of nitrogens with one attached hydrogen (secondary N) is 1. The van der Waals surface area contributed by atoms with Crippen LogP contribution in [0.2, 0.25) is 0 Å². The van der Waals surface area contributed by atoms with Crippen molar-refractivity contribution in [2.75, 3.05) is 11.8 Å². The van der Waals surface area contributed by atoms with Crippen molar-refractivity contribution in [2.45, 2.75) is 103 Å².